The molecule has 0 spiro atoms. The standard InChI is InChI=1S/C21H31N3O2/c1-16-10-9-13-18(20(25)24-14-7-8-15-24)19(16)23-21(26)22-17-11-5-3-2-4-6-12-17/h9-10,13,17H,2-8,11-12,14-15H2,1H3,(H2,22,23,26). The van der Waals surface area contributed by atoms with E-state index in [1.807, 2.05) is 30.0 Å². The molecule has 2 N–H and O–H groups in total. The minimum Gasteiger partial charge on any atom is -0.339 e. The number of nitrogens with zero attached hydrogens (tertiary/aromatic N) is 1. The summed E-state index contributed by atoms with van der Waals surface area (Å²) in [5.41, 5.74) is 2.16. The molecular weight excluding hydrogens is 326 g/mol. The van der Waals surface area contributed by atoms with Crippen LogP contribution < -0.4 is 10.6 Å². The fourth-order valence-corrected chi connectivity index (χ4v) is 4.04. The zero-order valence-corrected chi connectivity index (χ0v) is 15.9. The van der Waals surface area contributed by atoms with Crippen LogP contribution in [0.1, 0.15) is 73.7 Å². The molecule has 142 valence electrons. The summed E-state index contributed by atoms with van der Waals surface area (Å²) in [6, 6.07) is 5.68. The summed E-state index contributed by atoms with van der Waals surface area (Å²) in [6.45, 7) is 3.55. The summed E-state index contributed by atoms with van der Waals surface area (Å²) in [5, 5.41) is 6.09. The highest BCUT2D eigenvalue weighted by atomic mass is 16.2. The number of rotatable bonds is 3. The fraction of sp³-hybridized carbons (Fsp3) is 0.619. The van der Waals surface area contributed by atoms with Gasteiger partial charge in [0.05, 0.1) is 11.3 Å². The van der Waals surface area contributed by atoms with Gasteiger partial charge in [-0.2, -0.15) is 0 Å². The van der Waals surface area contributed by atoms with Crippen molar-refractivity contribution in [2.45, 2.75) is 70.8 Å². The van der Waals surface area contributed by atoms with Gasteiger partial charge in [-0.3, -0.25) is 4.79 Å². The average Bonchev–Trinajstić information content (AvgIpc) is 3.13. The van der Waals surface area contributed by atoms with Gasteiger partial charge in [-0.05, 0) is 44.2 Å². The molecule has 3 amide bonds. The highest BCUT2D eigenvalue weighted by Gasteiger charge is 2.23. The molecule has 26 heavy (non-hydrogen) atoms. The van der Waals surface area contributed by atoms with Crippen molar-refractivity contribution in [2.75, 3.05) is 18.4 Å². The predicted molar refractivity (Wildman–Crippen MR) is 105 cm³/mol. The van der Waals surface area contributed by atoms with Gasteiger partial charge < -0.3 is 15.5 Å². The molecule has 2 fully saturated rings. The third-order valence-corrected chi connectivity index (χ3v) is 5.58. The molecule has 3 rings (SSSR count). The van der Waals surface area contributed by atoms with Crippen molar-refractivity contribution in [3.05, 3.63) is 29.3 Å². The molecule has 5 nitrogen and oxygen atoms in total. The van der Waals surface area contributed by atoms with E-state index in [-0.39, 0.29) is 18.0 Å². The molecule has 2 aliphatic rings. The molecule has 1 saturated heterocycles. The monoisotopic (exact) mass is 357 g/mol. The fourth-order valence-electron chi connectivity index (χ4n) is 4.04. The number of nitrogens with one attached hydrogen (secondary N) is 2. The van der Waals surface area contributed by atoms with E-state index in [1.165, 1.54) is 32.1 Å². The van der Waals surface area contributed by atoms with Crippen LogP contribution >= 0.6 is 0 Å². The summed E-state index contributed by atoms with van der Waals surface area (Å²) < 4.78 is 0. The Morgan fingerprint density at radius 1 is 0.962 bits per heavy atom. The van der Waals surface area contributed by atoms with Crippen molar-refractivity contribution in [3.63, 3.8) is 0 Å². The number of aryl methyl sites for hydroxylation is 1. The number of urea groups is 1. The second-order valence-corrected chi connectivity index (χ2v) is 7.64. The van der Waals surface area contributed by atoms with Gasteiger partial charge >= 0.3 is 6.03 Å². The lowest BCUT2D eigenvalue weighted by molar-refractivity contribution is 0.0794. The number of likely N-dealkylation sites (tertiary alicyclic amines) is 1. The predicted octanol–water partition coefficient (Wildman–Crippen LogP) is 4.47. The van der Waals surface area contributed by atoms with Crippen LogP contribution in [0.15, 0.2) is 18.2 Å². The highest BCUT2D eigenvalue weighted by Crippen LogP contribution is 2.24. The Kier molecular flexibility index (Phi) is 6.53. The second kappa shape index (κ2) is 9.06. The van der Waals surface area contributed by atoms with Crippen molar-refractivity contribution in [2.24, 2.45) is 0 Å². The third kappa shape index (κ3) is 4.77. The zero-order valence-electron chi connectivity index (χ0n) is 15.9. The lowest BCUT2D eigenvalue weighted by Crippen LogP contribution is -2.39. The number of amides is 3. The topological polar surface area (TPSA) is 61.4 Å². The van der Waals surface area contributed by atoms with Crippen LogP contribution in [-0.2, 0) is 0 Å². The summed E-state index contributed by atoms with van der Waals surface area (Å²) in [5.74, 6) is 0.0208. The Hall–Kier alpha value is -2.04. The molecule has 0 radical (unpaired) electrons. The van der Waals surface area contributed by atoms with Gasteiger partial charge in [-0.15, -0.1) is 0 Å². The van der Waals surface area contributed by atoms with Crippen LogP contribution in [0.25, 0.3) is 0 Å². The Morgan fingerprint density at radius 3 is 2.31 bits per heavy atom. The molecule has 0 aromatic heterocycles. The molecule has 1 aliphatic heterocycles. The van der Waals surface area contributed by atoms with E-state index >= 15 is 0 Å². The minimum atomic E-state index is -0.194. The van der Waals surface area contributed by atoms with Gasteiger partial charge in [0.25, 0.3) is 5.91 Å². The summed E-state index contributed by atoms with van der Waals surface area (Å²) in [4.78, 5) is 27.3. The SMILES string of the molecule is Cc1cccc(C(=O)N2CCCC2)c1NC(=O)NC1CCCCCCC1. The van der Waals surface area contributed by atoms with Gasteiger partial charge in [0, 0.05) is 19.1 Å². The number of benzene rings is 1. The maximum Gasteiger partial charge on any atom is 0.319 e. The largest absolute Gasteiger partial charge is 0.339 e. The van der Waals surface area contributed by atoms with Crippen molar-refractivity contribution in [1.82, 2.24) is 10.2 Å². The first-order valence-corrected chi connectivity index (χ1v) is 10.1. The number of anilines is 1. The van der Waals surface area contributed by atoms with E-state index in [2.05, 4.69) is 10.6 Å². The molecule has 1 saturated carbocycles. The molecular formula is C21H31N3O2. The van der Waals surface area contributed by atoms with Crippen LogP contribution in [0.4, 0.5) is 10.5 Å². The second-order valence-electron chi connectivity index (χ2n) is 7.64. The molecule has 1 heterocycles. The normalized spacial score (nSPS) is 18.9. The van der Waals surface area contributed by atoms with Gasteiger partial charge in [0.15, 0.2) is 0 Å². The quantitative estimate of drug-likeness (QED) is 0.839. The molecule has 0 bridgehead atoms. The lowest BCUT2D eigenvalue weighted by Gasteiger charge is -2.23. The van der Waals surface area contributed by atoms with Crippen LogP contribution in [0.5, 0.6) is 0 Å². The molecule has 1 aromatic carbocycles. The van der Waals surface area contributed by atoms with Crippen LogP contribution in [-0.4, -0.2) is 36.0 Å². The van der Waals surface area contributed by atoms with Crippen LogP contribution in [0, 0.1) is 6.92 Å². The van der Waals surface area contributed by atoms with Gasteiger partial charge in [-0.25, -0.2) is 4.79 Å². The number of carbonyl (C=O) groups is 2. The number of hydrogen-bond donors (Lipinski definition) is 2. The minimum absolute atomic E-state index is 0.0208. The Morgan fingerprint density at radius 2 is 1.62 bits per heavy atom. The maximum absolute atomic E-state index is 12.8. The van der Waals surface area contributed by atoms with E-state index in [0.29, 0.717) is 11.3 Å². The molecule has 0 unspecified atom stereocenters. The molecule has 1 aliphatic carbocycles. The van der Waals surface area contributed by atoms with Crippen LogP contribution in [0.3, 0.4) is 0 Å². The van der Waals surface area contributed by atoms with E-state index < -0.39 is 0 Å². The molecule has 0 atom stereocenters. The van der Waals surface area contributed by atoms with Crippen molar-refractivity contribution in [3.8, 4) is 0 Å². The Balaban J connectivity index is 1.68. The smallest absolute Gasteiger partial charge is 0.319 e. The molecule has 1 aromatic rings. The summed E-state index contributed by atoms with van der Waals surface area (Å²) >= 11 is 0. The Labute approximate surface area is 156 Å². The Bertz CT molecular complexity index is 630. The van der Waals surface area contributed by atoms with Crippen molar-refractivity contribution < 1.29 is 9.59 Å². The van der Waals surface area contributed by atoms with E-state index in [4.69, 9.17) is 0 Å². The highest BCUT2D eigenvalue weighted by molar-refractivity contribution is 6.04. The average molecular weight is 357 g/mol. The van der Waals surface area contributed by atoms with E-state index in [1.54, 1.807) is 0 Å². The third-order valence-electron chi connectivity index (χ3n) is 5.58. The van der Waals surface area contributed by atoms with Crippen LogP contribution in [0.2, 0.25) is 0 Å². The number of hydrogen-bond acceptors (Lipinski definition) is 2. The zero-order chi connectivity index (χ0) is 18.4. The summed E-state index contributed by atoms with van der Waals surface area (Å²) in [7, 11) is 0. The maximum atomic E-state index is 12.8. The summed E-state index contributed by atoms with van der Waals surface area (Å²) in [6.07, 6.45) is 10.4. The number of para-hydroxylation sites is 1. The van der Waals surface area contributed by atoms with Gasteiger partial charge in [0.1, 0.15) is 0 Å². The van der Waals surface area contributed by atoms with Crippen molar-refractivity contribution >= 4 is 17.6 Å². The van der Waals surface area contributed by atoms with E-state index in [9.17, 15) is 9.59 Å². The van der Waals surface area contributed by atoms with E-state index in [0.717, 1.165) is 44.3 Å². The first kappa shape index (κ1) is 18.7. The van der Waals surface area contributed by atoms with Gasteiger partial charge in [-0.1, -0.05) is 44.2 Å². The molecule has 5 heteroatoms. The lowest BCUT2D eigenvalue weighted by atomic mass is 9.97. The first-order chi connectivity index (χ1) is 12.6. The van der Waals surface area contributed by atoms with Gasteiger partial charge in [0.2, 0.25) is 0 Å². The first-order valence-electron chi connectivity index (χ1n) is 10.1. The van der Waals surface area contributed by atoms with Crippen molar-refractivity contribution in [1.29, 1.82) is 0 Å². The number of carbonyl (C=O) groups excluding carboxylic acids is 2.